The van der Waals surface area contributed by atoms with Gasteiger partial charge < -0.3 is 9.30 Å². The highest BCUT2D eigenvalue weighted by atomic mass is 16.5. The smallest absolute Gasteiger partial charge is 0.196 e. The van der Waals surface area contributed by atoms with Crippen LogP contribution in [0.1, 0.15) is 31.7 Å². The topological polar surface area (TPSA) is 14.2 Å². The van der Waals surface area contributed by atoms with Gasteiger partial charge >= 0.3 is 0 Å². The molecular weight excluding hydrogens is 150 g/mol. The predicted molar refractivity (Wildman–Crippen MR) is 48.6 cm³/mol. The van der Waals surface area contributed by atoms with Gasteiger partial charge in [-0.15, -0.1) is 0 Å². The van der Waals surface area contributed by atoms with Crippen molar-refractivity contribution >= 4 is 0 Å². The lowest BCUT2D eigenvalue weighted by Crippen LogP contribution is -2.14. The Bertz CT molecular complexity index is 275. The van der Waals surface area contributed by atoms with E-state index in [1.54, 1.807) is 0 Å². The van der Waals surface area contributed by atoms with Crippen molar-refractivity contribution in [3.63, 3.8) is 0 Å². The number of aryl methyl sites for hydroxylation is 1. The van der Waals surface area contributed by atoms with Gasteiger partial charge in [0.15, 0.2) is 5.88 Å². The molecule has 2 heterocycles. The van der Waals surface area contributed by atoms with E-state index in [-0.39, 0.29) is 0 Å². The van der Waals surface area contributed by atoms with E-state index in [1.165, 1.54) is 5.56 Å². The highest BCUT2D eigenvalue weighted by molar-refractivity contribution is 5.31. The Labute approximate surface area is 73.1 Å². The van der Waals surface area contributed by atoms with Crippen molar-refractivity contribution in [3.8, 4) is 5.88 Å². The summed E-state index contributed by atoms with van der Waals surface area (Å²) in [4.78, 5) is 0. The molecule has 0 saturated carbocycles. The minimum atomic E-state index is 0.569. The van der Waals surface area contributed by atoms with Gasteiger partial charge in [-0.05, 0) is 18.4 Å². The van der Waals surface area contributed by atoms with Crippen molar-refractivity contribution in [1.82, 2.24) is 4.57 Å². The Morgan fingerprint density at radius 3 is 3.08 bits per heavy atom. The molecule has 12 heavy (non-hydrogen) atoms. The van der Waals surface area contributed by atoms with Gasteiger partial charge in [0.1, 0.15) is 0 Å². The zero-order valence-corrected chi connectivity index (χ0v) is 7.71. The third-order valence-electron chi connectivity index (χ3n) is 2.35. The quantitative estimate of drug-likeness (QED) is 0.623. The van der Waals surface area contributed by atoms with E-state index >= 15 is 0 Å². The normalized spacial score (nSPS) is 15.9. The Morgan fingerprint density at radius 1 is 1.50 bits per heavy atom. The monoisotopic (exact) mass is 165 g/mol. The molecule has 1 aromatic heterocycles. The van der Waals surface area contributed by atoms with Crippen LogP contribution in [0.2, 0.25) is 0 Å². The highest BCUT2D eigenvalue weighted by Crippen LogP contribution is 2.29. The lowest BCUT2D eigenvalue weighted by molar-refractivity contribution is 0.238. The first-order valence-electron chi connectivity index (χ1n) is 4.61. The minimum absolute atomic E-state index is 0.569. The molecular formula is C10H15NO. The van der Waals surface area contributed by atoms with Crippen LogP contribution in [0.4, 0.5) is 0 Å². The van der Waals surface area contributed by atoms with Crippen LogP contribution in [-0.2, 0) is 6.54 Å². The largest absolute Gasteiger partial charge is 0.479 e. The van der Waals surface area contributed by atoms with Gasteiger partial charge in [-0.25, -0.2) is 0 Å². The van der Waals surface area contributed by atoms with Crippen LogP contribution in [-0.4, -0.2) is 11.2 Å². The molecule has 0 spiro atoms. The summed E-state index contributed by atoms with van der Waals surface area (Å²) in [7, 11) is 0. The maximum atomic E-state index is 5.62. The maximum absolute atomic E-state index is 5.62. The molecule has 2 heteroatoms. The van der Waals surface area contributed by atoms with Crippen LogP contribution in [0.5, 0.6) is 5.88 Å². The Hall–Kier alpha value is -0.920. The van der Waals surface area contributed by atoms with Gasteiger partial charge in [0.05, 0.1) is 6.61 Å². The van der Waals surface area contributed by atoms with Gasteiger partial charge in [0, 0.05) is 18.3 Å². The lowest BCUT2D eigenvalue weighted by Gasteiger charge is -2.18. The van der Waals surface area contributed by atoms with E-state index in [0.29, 0.717) is 5.92 Å². The van der Waals surface area contributed by atoms with Gasteiger partial charge in [-0.1, -0.05) is 13.8 Å². The van der Waals surface area contributed by atoms with Crippen LogP contribution in [0.25, 0.3) is 0 Å². The number of nitrogens with zero attached hydrogens (tertiary/aromatic N) is 1. The molecule has 0 unspecified atom stereocenters. The predicted octanol–water partition coefficient (Wildman–Crippen LogP) is 2.39. The number of ether oxygens (including phenoxy) is 1. The average molecular weight is 165 g/mol. The third-order valence-corrected chi connectivity index (χ3v) is 2.35. The van der Waals surface area contributed by atoms with Crippen molar-refractivity contribution in [1.29, 1.82) is 0 Å². The Balaban J connectivity index is 2.38. The second kappa shape index (κ2) is 2.85. The van der Waals surface area contributed by atoms with Gasteiger partial charge in [0.2, 0.25) is 0 Å². The second-order valence-corrected chi connectivity index (χ2v) is 3.63. The van der Waals surface area contributed by atoms with Crippen LogP contribution in [0.15, 0.2) is 12.3 Å². The molecule has 1 aliphatic heterocycles. The van der Waals surface area contributed by atoms with Crippen molar-refractivity contribution in [3.05, 3.63) is 17.8 Å². The molecule has 0 N–H and O–H groups in total. The van der Waals surface area contributed by atoms with E-state index in [0.717, 1.165) is 25.5 Å². The van der Waals surface area contributed by atoms with E-state index in [2.05, 4.69) is 30.7 Å². The van der Waals surface area contributed by atoms with Crippen molar-refractivity contribution in [2.45, 2.75) is 32.7 Å². The first-order chi connectivity index (χ1) is 5.79. The molecule has 0 bridgehead atoms. The molecule has 0 aliphatic carbocycles. The van der Waals surface area contributed by atoms with Crippen molar-refractivity contribution in [2.75, 3.05) is 6.61 Å². The zero-order valence-electron chi connectivity index (χ0n) is 7.71. The summed E-state index contributed by atoms with van der Waals surface area (Å²) in [5.74, 6) is 1.66. The second-order valence-electron chi connectivity index (χ2n) is 3.63. The van der Waals surface area contributed by atoms with Crippen LogP contribution in [0.3, 0.4) is 0 Å². The molecule has 2 nitrogen and oxygen atoms in total. The first kappa shape index (κ1) is 7.71. The van der Waals surface area contributed by atoms with E-state index < -0.39 is 0 Å². The Morgan fingerprint density at radius 2 is 2.33 bits per heavy atom. The average Bonchev–Trinajstić information content (AvgIpc) is 2.47. The standard InChI is InChI=1S/C10H15NO/c1-8(2)9-4-6-11-5-3-7-12-10(9)11/h4,6,8H,3,5,7H2,1-2H3. The Kier molecular flexibility index (Phi) is 1.83. The molecule has 0 atom stereocenters. The fraction of sp³-hybridized carbons (Fsp3) is 0.600. The zero-order chi connectivity index (χ0) is 8.55. The van der Waals surface area contributed by atoms with Gasteiger partial charge in [-0.2, -0.15) is 0 Å². The summed E-state index contributed by atoms with van der Waals surface area (Å²) in [5, 5.41) is 0. The molecule has 1 aliphatic rings. The summed E-state index contributed by atoms with van der Waals surface area (Å²) in [6.45, 7) is 6.40. The van der Waals surface area contributed by atoms with Crippen molar-refractivity contribution < 1.29 is 4.74 Å². The summed E-state index contributed by atoms with van der Waals surface area (Å²) in [6, 6.07) is 2.17. The number of hydrogen-bond acceptors (Lipinski definition) is 1. The summed E-state index contributed by atoms with van der Waals surface area (Å²) in [5.41, 5.74) is 1.34. The molecule has 1 aromatic rings. The number of aromatic nitrogens is 1. The summed E-state index contributed by atoms with van der Waals surface area (Å²) in [6.07, 6.45) is 3.27. The van der Waals surface area contributed by atoms with E-state index in [1.807, 2.05) is 0 Å². The maximum Gasteiger partial charge on any atom is 0.196 e. The number of rotatable bonds is 1. The van der Waals surface area contributed by atoms with Crippen LogP contribution < -0.4 is 4.74 Å². The molecule has 0 aromatic carbocycles. The molecule has 66 valence electrons. The SMILES string of the molecule is CC(C)c1ccn2c1OCCC2. The molecule has 2 rings (SSSR count). The fourth-order valence-electron chi connectivity index (χ4n) is 1.66. The van der Waals surface area contributed by atoms with E-state index in [4.69, 9.17) is 4.74 Å². The lowest BCUT2D eigenvalue weighted by atomic mass is 10.1. The minimum Gasteiger partial charge on any atom is -0.479 e. The van der Waals surface area contributed by atoms with Crippen LogP contribution >= 0.6 is 0 Å². The fourth-order valence-corrected chi connectivity index (χ4v) is 1.66. The molecule has 0 fully saturated rings. The summed E-state index contributed by atoms with van der Waals surface area (Å²) >= 11 is 0. The van der Waals surface area contributed by atoms with E-state index in [9.17, 15) is 0 Å². The van der Waals surface area contributed by atoms with Gasteiger partial charge in [-0.3, -0.25) is 0 Å². The molecule has 0 amide bonds. The molecule has 0 saturated heterocycles. The number of fused-ring (bicyclic) bond motifs is 1. The first-order valence-corrected chi connectivity index (χ1v) is 4.61. The van der Waals surface area contributed by atoms with Crippen molar-refractivity contribution in [2.24, 2.45) is 0 Å². The highest BCUT2D eigenvalue weighted by Gasteiger charge is 2.15. The van der Waals surface area contributed by atoms with Gasteiger partial charge in [0.25, 0.3) is 0 Å². The van der Waals surface area contributed by atoms with Crippen LogP contribution in [0, 0.1) is 0 Å². The molecule has 0 radical (unpaired) electrons. The summed E-state index contributed by atoms with van der Waals surface area (Å²) < 4.78 is 7.83. The number of hydrogen-bond donors (Lipinski definition) is 0. The third kappa shape index (κ3) is 1.11.